The van der Waals surface area contributed by atoms with E-state index in [1.54, 1.807) is 30.3 Å². The molecule has 1 aliphatic rings. The first-order valence-electron chi connectivity index (χ1n) is 9.90. The van der Waals surface area contributed by atoms with Crippen LogP contribution in [0.2, 0.25) is 0 Å². The molecule has 3 aromatic rings. The monoisotopic (exact) mass is 440 g/mol. The zero-order valence-corrected chi connectivity index (χ0v) is 16.7. The Hall–Kier alpha value is -3.81. The lowest BCUT2D eigenvalue weighted by atomic mass is 9.98. The number of anilines is 1. The first kappa shape index (κ1) is 21.4. The number of halogens is 3. The zero-order chi connectivity index (χ0) is 22.9. The number of amides is 2. The summed E-state index contributed by atoms with van der Waals surface area (Å²) < 4.78 is 38.6. The maximum absolute atomic E-state index is 13.0. The summed E-state index contributed by atoms with van der Waals surface area (Å²) in [5, 5.41) is 14.2. The Morgan fingerprint density at radius 1 is 0.906 bits per heavy atom. The number of fused-ring (bicyclic) bond motifs is 1. The van der Waals surface area contributed by atoms with Gasteiger partial charge in [0.15, 0.2) is 0 Å². The second-order valence-corrected chi connectivity index (χ2v) is 7.61. The fourth-order valence-electron chi connectivity index (χ4n) is 3.94. The molecule has 0 aliphatic heterocycles. The summed E-state index contributed by atoms with van der Waals surface area (Å²) in [6.07, 6.45) is -4.38. The summed E-state index contributed by atoms with van der Waals surface area (Å²) in [7, 11) is 0. The van der Waals surface area contributed by atoms with Crippen LogP contribution in [0.25, 0.3) is 11.1 Å². The van der Waals surface area contributed by atoms with Crippen molar-refractivity contribution in [3.8, 4) is 11.1 Å². The molecule has 32 heavy (non-hydrogen) atoms. The molecule has 5 nitrogen and oxygen atoms in total. The minimum Gasteiger partial charge on any atom is -0.465 e. The number of hydrogen-bond donors (Lipinski definition) is 3. The Morgan fingerprint density at radius 2 is 1.59 bits per heavy atom. The van der Waals surface area contributed by atoms with E-state index in [1.807, 2.05) is 12.1 Å². The highest BCUT2D eigenvalue weighted by atomic mass is 19.4. The summed E-state index contributed by atoms with van der Waals surface area (Å²) in [6, 6.07) is 16.6. The van der Waals surface area contributed by atoms with Gasteiger partial charge < -0.3 is 15.7 Å². The van der Waals surface area contributed by atoms with Gasteiger partial charge in [-0.1, -0.05) is 36.4 Å². The molecule has 1 aliphatic carbocycles. The summed E-state index contributed by atoms with van der Waals surface area (Å²) in [5.74, 6) is -0.390. The highest BCUT2D eigenvalue weighted by Crippen LogP contribution is 2.32. The van der Waals surface area contributed by atoms with Crippen LogP contribution in [-0.2, 0) is 19.0 Å². The fraction of sp³-hybridized carbons (Fsp3) is 0.167. The van der Waals surface area contributed by atoms with Gasteiger partial charge in [0, 0.05) is 17.3 Å². The molecule has 0 fully saturated rings. The predicted molar refractivity (Wildman–Crippen MR) is 114 cm³/mol. The summed E-state index contributed by atoms with van der Waals surface area (Å²) >= 11 is 0. The van der Waals surface area contributed by atoms with Gasteiger partial charge in [-0.3, -0.25) is 4.79 Å². The lowest BCUT2D eigenvalue weighted by molar-refractivity contribution is -0.137. The molecule has 2 amide bonds. The van der Waals surface area contributed by atoms with Crippen LogP contribution in [0.3, 0.4) is 0 Å². The van der Waals surface area contributed by atoms with Gasteiger partial charge in [0.05, 0.1) is 5.56 Å². The van der Waals surface area contributed by atoms with Crippen LogP contribution in [0, 0.1) is 0 Å². The van der Waals surface area contributed by atoms with Gasteiger partial charge >= 0.3 is 12.3 Å². The highest BCUT2D eigenvalue weighted by Gasteiger charge is 2.30. The van der Waals surface area contributed by atoms with Crippen molar-refractivity contribution < 1.29 is 27.9 Å². The molecule has 3 N–H and O–H groups in total. The number of carboxylic acid groups (broad SMARTS) is 1. The van der Waals surface area contributed by atoms with Crippen LogP contribution in [0.4, 0.5) is 23.7 Å². The third-order valence-electron chi connectivity index (χ3n) is 5.42. The molecule has 4 rings (SSSR count). The second kappa shape index (κ2) is 8.37. The number of carbonyl (C=O) groups is 2. The molecule has 1 unspecified atom stereocenters. The lowest BCUT2D eigenvalue weighted by Crippen LogP contribution is -2.33. The molecule has 0 aromatic heterocycles. The molecule has 8 heteroatoms. The summed E-state index contributed by atoms with van der Waals surface area (Å²) in [6.45, 7) is 0. The summed E-state index contributed by atoms with van der Waals surface area (Å²) in [5.41, 5.74) is 3.14. The molecule has 0 saturated carbocycles. The number of rotatable bonds is 4. The van der Waals surface area contributed by atoms with E-state index in [4.69, 9.17) is 5.11 Å². The molecular formula is C24H19F3N2O3. The Bertz CT molecular complexity index is 1170. The van der Waals surface area contributed by atoms with Gasteiger partial charge in [-0.2, -0.15) is 13.2 Å². The minimum atomic E-state index is -4.43. The Labute approximate surface area is 181 Å². The number of nitrogens with one attached hydrogen (secondary N) is 2. The molecule has 0 radical (unpaired) electrons. The van der Waals surface area contributed by atoms with E-state index >= 15 is 0 Å². The van der Waals surface area contributed by atoms with Crippen molar-refractivity contribution in [2.75, 3.05) is 5.32 Å². The smallest absolute Gasteiger partial charge is 0.416 e. The van der Waals surface area contributed by atoms with E-state index < -0.39 is 23.7 Å². The fourth-order valence-corrected chi connectivity index (χ4v) is 3.94. The Kier molecular flexibility index (Phi) is 5.61. The van der Waals surface area contributed by atoms with Crippen molar-refractivity contribution in [1.82, 2.24) is 5.32 Å². The van der Waals surface area contributed by atoms with Crippen LogP contribution in [0.15, 0.2) is 66.7 Å². The van der Waals surface area contributed by atoms with Crippen molar-refractivity contribution in [1.29, 1.82) is 0 Å². The van der Waals surface area contributed by atoms with Crippen molar-refractivity contribution in [2.45, 2.75) is 25.1 Å². The van der Waals surface area contributed by atoms with Gasteiger partial charge in [0.25, 0.3) is 5.91 Å². The number of carbonyl (C=O) groups excluding carboxylic acids is 1. The SMILES string of the molecule is O=C(O)NC1Cc2ccc(NC(=O)c3ccccc3-c3ccc(C(F)(F)F)cc3)cc2C1. The quantitative estimate of drug-likeness (QED) is 0.511. The Morgan fingerprint density at radius 3 is 2.28 bits per heavy atom. The van der Waals surface area contributed by atoms with Crippen LogP contribution < -0.4 is 10.6 Å². The van der Waals surface area contributed by atoms with Gasteiger partial charge in [-0.25, -0.2) is 4.79 Å². The van der Waals surface area contributed by atoms with Crippen LogP contribution in [0.5, 0.6) is 0 Å². The molecule has 0 bridgehead atoms. The number of hydrogen-bond acceptors (Lipinski definition) is 2. The van der Waals surface area contributed by atoms with Crippen molar-refractivity contribution in [2.24, 2.45) is 0 Å². The molecule has 0 saturated heterocycles. The second-order valence-electron chi connectivity index (χ2n) is 7.61. The summed E-state index contributed by atoms with van der Waals surface area (Å²) in [4.78, 5) is 23.8. The van der Waals surface area contributed by atoms with Gasteiger partial charge in [-0.15, -0.1) is 0 Å². The average molecular weight is 440 g/mol. The van der Waals surface area contributed by atoms with Crippen molar-refractivity contribution >= 4 is 17.7 Å². The zero-order valence-electron chi connectivity index (χ0n) is 16.7. The van der Waals surface area contributed by atoms with E-state index in [0.717, 1.165) is 23.3 Å². The van der Waals surface area contributed by atoms with E-state index in [2.05, 4.69) is 10.6 Å². The molecule has 0 heterocycles. The van der Waals surface area contributed by atoms with Crippen LogP contribution in [0.1, 0.15) is 27.0 Å². The van der Waals surface area contributed by atoms with Crippen LogP contribution in [-0.4, -0.2) is 23.1 Å². The van der Waals surface area contributed by atoms with Crippen molar-refractivity contribution in [3.63, 3.8) is 0 Å². The molecule has 164 valence electrons. The van der Waals surface area contributed by atoms with E-state index in [9.17, 15) is 22.8 Å². The Balaban J connectivity index is 1.54. The van der Waals surface area contributed by atoms with E-state index in [0.29, 0.717) is 35.2 Å². The predicted octanol–water partition coefficient (Wildman–Crippen LogP) is 5.36. The lowest BCUT2D eigenvalue weighted by Gasteiger charge is -2.12. The highest BCUT2D eigenvalue weighted by molar-refractivity contribution is 6.08. The van der Waals surface area contributed by atoms with Gasteiger partial charge in [0.2, 0.25) is 0 Å². The maximum atomic E-state index is 13.0. The molecule has 1 atom stereocenters. The third-order valence-corrected chi connectivity index (χ3v) is 5.42. The van der Waals surface area contributed by atoms with Gasteiger partial charge in [-0.05, 0) is 65.4 Å². The van der Waals surface area contributed by atoms with Crippen LogP contribution >= 0.6 is 0 Å². The molecular weight excluding hydrogens is 421 g/mol. The van der Waals surface area contributed by atoms with E-state index in [-0.39, 0.29) is 6.04 Å². The number of benzene rings is 3. The van der Waals surface area contributed by atoms with Gasteiger partial charge in [0.1, 0.15) is 0 Å². The minimum absolute atomic E-state index is 0.200. The molecule has 0 spiro atoms. The largest absolute Gasteiger partial charge is 0.465 e. The number of alkyl halides is 3. The van der Waals surface area contributed by atoms with Crippen molar-refractivity contribution in [3.05, 3.63) is 89.0 Å². The van der Waals surface area contributed by atoms with E-state index in [1.165, 1.54) is 12.1 Å². The molecule has 3 aromatic carbocycles. The first-order chi connectivity index (χ1) is 15.2. The average Bonchev–Trinajstić information content (AvgIpc) is 3.14. The third kappa shape index (κ3) is 4.59. The normalized spacial score (nSPS) is 15.2. The topological polar surface area (TPSA) is 78.4 Å². The maximum Gasteiger partial charge on any atom is 0.416 e. The first-order valence-corrected chi connectivity index (χ1v) is 9.90. The standard InChI is InChI=1S/C24H19F3N2O3/c25-24(26,27)17-8-5-14(6-9-17)20-3-1-2-4-21(20)22(30)28-18-10-7-15-11-19(29-23(31)32)13-16(15)12-18/h1-10,12,19,29H,11,13H2,(H,28,30)(H,31,32).